The fourth-order valence-electron chi connectivity index (χ4n) is 2.34. The number of carbonyl (C=O) groups is 4. The molecule has 220 valence electrons. The van der Waals surface area contributed by atoms with Gasteiger partial charge in [-0.05, 0) is 54.9 Å². The highest BCUT2D eigenvalue weighted by Crippen LogP contribution is 2.38. The van der Waals surface area contributed by atoms with Gasteiger partial charge in [-0.1, -0.05) is 57.0 Å². The van der Waals surface area contributed by atoms with Crippen molar-refractivity contribution in [3.63, 3.8) is 0 Å². The Morgan fingerprint density at radius 2 is 1.32 bits per heavy atom. The molecule has 0 rings (SSSR count). The van der Waals surface area contributed by atoms with Gasteiger partial charge >= 0.3 is 0 Å². The van der Waals surface area contributed by atoms with Crippen LogP contribution in [0, 0.1) is 0 Å². The molecule has 0 aromatic heterocycles. The lowest BCUT2D eigenvalue weighted by Gasteiger charge is -2.23. The van der Waals surface area contributed by atoms with Crippen LogP contribution >= 0.6 is 43.2 Å². The Hall–Kier alpha value is -0.720. The van der Waals surface area contributed by atoms with Crippen molar-refractivity contribution in [3.05, 3.63) is 0 Å². The average Bonchev–Trinajstić information content (AvgIpc) is 2.79. The van der Waals surface area contributed by atoms with Gasteiger partial charge in [0, 0.05) is 61.2 Å². The van der Waals surface area contributed by atoms with E-state index in [1.165, 1.54) is 10.8 Å². The van der Waals surface area contributed by atoms with Crippen LogP contribution in [-0.4, -0.2) is 71.3 Å². The Morgan fingerprint density at radius 3 is 1.84 bits per heavy atom. The van der Waals surface area contributed by atoms with Crippen LogP contribution in [0.2, 0.25) is 0 Å². The molecule has 8 nitrogen and oxygen atoms in total. The van der Waals surface area contributed by atoms with E-state index in [1.807, 2.05) is 48.5 Å². The molecule has 0 aliphatic carbocycles. The molecule has 0 atom stereocenters. The Kier molecular flexibility index (Phi) is 29.6. The highest BCUT2D eigenvalue weighted by atomic mass is 33.1. The molecule has 0 unspecified atom stereocenters. The van der Waals surface area contributed by atoms with Crippen LogP contribution < -0.4 is 21.3 Å². The summed E-state index contributed by atoms with van der Waals surface area (Å²) in [5, 5.41) is 11.1. The number of rotatable bonds is 17. The van der Waals surface area contributed by atoms with E-state index in [9.17, 15) is 19.2 Å². The van der Waals surface area contributed by atoms with Crippen LogP contribution in [0.1, 0.15) is 88.0 Å². The molecular formula is C25H52N4O4S4. The largest absolute Gasteiger partial charge is 0.359 e. The summed E-state index contributed by atoms with van der Waals surface area (Å²) in [7, 11) is 8.13. The minimum absolute atomic E-state index is 0.0706. The molecule has 12 heteroatoms. The molecule has 0 saturated heterocycles. The van der Waals surface area contributed by atoms with Crippen molar-refractivity contribution in [1.82, 2.24) is 21.3 Å². The third kappa shape index (κ3) is 33.3. The second kappa shape index (κ2) is 26.9. The molecule has 0 aromatic carbocycles. The Bertz CT molecular complexity index is 621. The van der Waals surface area contributed by atoms with Gasteiger partial charge in [0.1, 0.15) is 0 Å². The minimum Gasteiger partial charge on any atom is -0.359 e. The SMILES string of the molecule is CC.CC(C)NC(=O)CCSSC(C)(C)CC(=O)NC(C)C.CCNC(=O)CSSCCCC(=O)NC. The summed E-state index contributed by atoms with van der Waals surface area (Å²) in [5.74, 6) is 2.46. The van der Waals surface area contributed by atoms with Crippen molar-refractivity contribution in [1.29, 1.82) is 0 Å². The fourth-order valence-corrected chi connectivity index (χ4v) is 6.78. The number of nitrogens with one attached hydrogen (secondary N) is 4. The van der Waals surface area contributed by atoms with Crippen molar-refractivity contribution < 1.29 is 19.2 Å². The van der Waals surface area contributed by atoms with Crippen LogP contribution in [-0.2, 0) is 19.2 Å². The number of amides is 4. The standard InChI is InChI=1S/C14H28N2O2S2.C9H18N2O2S2.C2H6/c1-10(2)15-12(17)7-8-19-20-14(5,6)9-13(18)16-11(3)4;1-3-11-9(13)7-15-14-6-4-5-8(12)10-2;1-2/h10-11H,7-9H2,1-6H3,(H,15,17)(H,16,18);3-7H2,1-2H3,(H,10,12)(H,11,13);1-2H3. The van der Waals surface area contributed by atoms with E-state index in [-0.39, 0.29) is 40.5 Å². The first kappa shape index (κ1) is 40.8. The Morgan fingerprint density at radius 1 is 0.757 bits per heavy atom. The van der Waals surface area contributed by atoms with Crippen molar-refractivity contribution in [2.24, 2.45) is 0 Å². The van der Waals surface area contributed by atoms with E-state index in [1.54, 1.807) is 39.4 Å². The summed E-state index contributed by atoms with van der Waals surface area (Å²) in [6.45, 7) is 18.5. The molecule has 0 saturated carbocycles. The highest BCUT2D eigenvalue weighted by Gasteiger charge is 2.23. The highest BCUT2D eigenvalue weighted by molar-refractivity contribution is 8.77. The summed E-state index contributed by atoms with van der Waals surface area (Å²) in [4.78, 5) is 45.1. The number of hydrogen-bond acceptors (Lipinski definition) is 8. The Labute approximate surface area is 242 Å². The second-order valence-corrected chi connectivity index (χ2v) is 14.6. The first-order valence-electron chi connectivity index (χ1n) is 12.9. The fraction of sp³-hybridized carbons (Fsp3) is 0.840. The predicted octanol–water partition coefficient (Wildman–Crippen LogP) is 5.03. The summed E-state index contributed by atoms with van der Waals surface area (Å²) in [5.41, 5.74) is 0. The zero-order valence-corrected chi connectivity index (χ0v) is 27.8. The molecule has 0 fully saturated rings. The maximum absolute atomic E-state index is 11.7. The lowest BCUT2D eigenvalue weighted by atomic mass is 10.1. The molecule has 0 spiro atoms. The van der Waals surface area contributed by atoms with Gasteiger partial charge < -0.3 is 21.3 Å². The maximum atomic E-state index is 11.7. The third-order valence-corrected chi connectivity index (χ3v) is 9.39. The molecule has 0 bridgehead atoms. The summed E-state index contributed by atoms with van der Waals surface area (Å²) in [6, 6.07) is 0.368. The van der Waals surface area contributed by atoms with Crippen LogP contribution in [0.15, 0.2) is 0 Å². The quantitative estimate of drug-likeness (QED) is 0.136. The topological polar surface area (TPSA) is 116 Å². The predicted molar refractivity (Wildman–Crippen MR) is 168 cm³/mol. The zero-order valence-electron chi connectivity index (χ0n) is 24.6. The van der Waals surface area contributed by atoms with E-state index >= 15 is 0 Å². The minimum atomic E-state index is -0.127. The molecule has 0 aliphatic heterocycles. The Balaban J connectivity index is -0.000000606. The van der Waals surface area contributed by atoms with E-state index < -0.39 is 0 Å². The van der Waals surface area contributed by atoms with Gasteiger partial charge in [-0.2, -0.15) is 0 Å². The third-order valence-electron chi connectivity index (χ3n) is 3.74. The van der Waals surface area contributed by atoms with E-state index in [4.69, 9.17) is 0 Å². The first-order chi connectivity index (χ1) is 17.3. The van der Waals surface area contributed by atoms with Gasteiger partial charge in [0.15, 0.2) is 0 Å². The molecule has 4 N–H and O–H groups in total. The molecule has 37 heavy (non-hydrogen) atoms. The summed E-state index contributed by atoms with van der Waals surface area (Å²) >= 11 is 0. The zero-order chi connectivity index (χ0) is 29.3. The van der Waals surface area contributed by atoms with Gasteiger partial charge in [0.2, 0.25) is 23.6 Å². The number of hydrogen-bond donors (Lipinski definition) is 4. The average molecular weight is 601 g/mol. The second-order valence-electron chi connectivity index (χ2n) is 8.85. The lowest BCUT2D eigenvalue weighted by molar-refractivity contribution is -0.122. The van der Waals surface area contributed by atoms with Crippen molar-refractivity contribution >= 4 is 66.8 Å². The van der Waals surface area contributed by atoms with E-state index in [2.05, 4.69) is 35.1 Å². The maximum Gasteiger partial charge on any atom is 0.230 e. The van der Waals surface area contributed by atoms with E-state index in [0.717, 1.165) is 17.9 Å². The van der Waals surface area contributed by atoms with Crippen molar-refractivity contribution in [2.45, 2.75) is 105 Å². The van der Waals surface area contributed by atoms with Gasteiger partial charge in [-0.15, -0.1) is 0 Å². The number of carbonyl (C=O) groups excluding carboxylic acids is 4. The molecule has 0 aliphatic rings. The summed E-state index contributed by atoms with van der Waals surface area (Å²) in [6.07, 6.45) is 2.42. The van der Waals surface area contributed by atoms with Gasteiger partial charge in [0.25, 0.3) is 0 Å². The molecule has 0 radical (unpaired) electrons. The summed E-state index contributed by atoms with van der Waals surface area (Å²) < 4.78 is -0.127. The molecule has 0 heterocycles. The lowest BCUT2D eigenvalue weighted by Crippen LogP contribution is -2.34. The van der Waals surface area contributed by atoms with Crippen molar-refractivity contribution in [3.8, 4) is 0 Å². The van der Waals surface area contributed by atoms with Crippen molar-refractivity contribution in [2.75, 3.05) is 30.9 Å². The van der Waals surface area contributed by atoms with Gasteiger partial charge in [-0.3, -0.25) is 19.2 Å². The first-order valence-corrected chi connectivity index (χ1v) is 17.7. The van der Waals surface area contributed by atoms with Gasteiger partial charge in [-0.25, -0.2) is 0 Å². The van der Waals surface area contributed by atoms with Crippen LogP contribution in [0.5, 0.6) is 0 Å². The monoisotopic (exact) mass is 600 g/mol. The van der Waals surface area contributed by atoms with Crippen LogP contribution in [0.4, 0.5) is 0 Å². The van der Waals surface area contributed by atoms with Gasteiger partial charge in [0.05, 0.1) is 5.75 Å². The molecular weight excluding hydrogens is 549 g/mol. The smallest absolute Gasteiger partial charge is 0.230 e. The van der Waals surface area contributed by atoms with Crippen LogP contribution in [0.25, 0.3) is 0 Å². The molecule has 4 amide bonds. The van der Waals surface area contributed by atoms with Crippen LogP contribution in [0.3, 0.4) is 0 Å². The normalized spacial score (nSPS) is 10.5. The van der Waals surface area contributed by atoms with E-state index in [0.29, 0.717) is 31.6 Å². The molecule has 0 aromatic rings.